The van der Waals surface area contributed by atoms with Crippen LogP contribution in [0.25, 0.3) is 0 Å². The van der Waals surface area contributed by atoms with Crippen LogP contribution in [0.3, 0.4) is 0 Å². The molecule has 14 nitrogen and oxygen atoms in total. The number of rotatable bonds is 6. The van der Waals surface area contributed by atoms with Gasteiger partial charge in [0.05, 0.1) is 34.3 Å². The van der Waals surface area contributed by atoms with Gasteiger partial charge in [-0.05, 0) is 44.3 Å². The van der Waals surface area contributed by atoms with Crippen LogP contribution in [-0.4, -0.2) is 53.3 Å². The van der Waals surface area contributed by atoms with E-state index in [1.165, 1.54) is 35.5 Å². The molecule has 204 valence electrons. The van der Waals surface area contributed by atoms with Gasteiger partial charge in [0.15, 0.2) is 0 Å². The van der Waals surface area contributed by atoms with E-state index >= 15 is 0 Å². The number of nitro groups is 2. The first-order valence-electron chi connectivity index (χ1n) is 10.3. The zero-order valence-electron chi connectivity index (χ0n) is 21.2. The fraction of sp³-hybridized carbons (Fsp3) is 0.286. The molecule has 2 aromatic rings. The van der Waals surface area contributed by atoms with E-state index in [0.717, 1.165) is 36.7 Å². The second-order valence-corrected chi connectivity index (χ2v) is 7.32. The Balaban J connectivity index is -0.000000499. The fourth-order valence-corrected chi connectivity index (χ4v) is 2.72. The average molecular weight is 628 g/mol. The molecule has 38 heavy (non-hydrogen) atoms. The molecular weight excluding hydrogens is 599 g/mol. The van der Waals surface area contributed by atoms with Gasteiger partial charge in [-0.2, -0.15) is 0 Å². The molecule has 0 aromatic heterocycles. The van der Waals surface area contributed by atoms with Crippen molar-refractivity contribution in [3.8, 4) is 0 Å². The number of carboxylic acids is 1. The van der Waals surface area contributed by atoms with E-state index in [9.17, 15) is 20.2 Å². The number of benzene rings is 2. The summed E-state index contributed by atoms with van der Waals surface area (Å²) < 4.78 is 0. The molecule has 2 aromatic carbocycles. The molecule has 0 aliphatic carbocycles. The SMILES string of the molecule is CC(=O)[O-].CC=N.Cl.NN(CCBr)c1ccc([N+](=O)[O-])cc1.O=[N+]([O-])c1ccc(N2CCN=CN2)cc1.[Na+]. The van der Waals surface area contributed by atoms with Gasteiger partial charge in [0, 0.05) is 42.1 Å². The number of nitro benzene ring substituents is 2. The zero-order valence-corrected chi connectivity index (χ0v) is 25.6. The van der Waals surface area contributed by atoms with Gasteiger partial charge in [-0.25, -0.2) is 5.84 Å². The molecule has 0 atom stereocenters. The van der Waals surface area contributed by atoms with E-state index in [0.29, 0.717) is 6.54 Å². The third kappa shape index (κ3) is 17.6. The van der Waals surface area contributed by atoms with Crippen molar-refractivity contribution >= 4 is 69.6 Å². The number of carboxylic acid groups (broad SMARTS) is 1. The largest absolute Gasteiger partial charge is 1.00 e. The Labute approximate surface area is 256 Å². The number of halogens is 2. The topological polar surface area (TPSA) is 207 Å². The Morgan fingerprint density at radius 3 is 1.92 bits per heavy atom. The number of carbonyl (C=O) groups is 1. The van der Waals surface area contributed by atoms with E-state index in [1.807, 2.05) is 5.01 Å². The van der Waals surface area contributed by atoms with E-state index in [-0.39, 0.29) is 53.3 Å². The van der Waals surface area contributed by atoms with E-state index in [1.54, 1.807) is 37.5 Å². The molecular formula is C21H29BrClN8NaO6. The molecule has 0 spiro atoms. The van der Waals surface area contributed by atoms with Crippen molar-refractivity contribution in [2.45, 2.75) is 13.8 Å². The second-order valence-electron chi connectivity index (χ2n) is 6.53. The number of hydrogen-bond acceptors (Lipinski definition) is 12. The first-order chi connectivity index (χ1) is 17.1. The Bertz CT molecular complexity index is 998. The molecule has 0 bridgehead atoms. The van der Waals surface area contributed by atoms with Crippen LogP contribution in [0, 0.1) is 25.6 Å². The van der Waals surface area contributed by atoms with Crippen molar-refractivity contribution in [1.82, 2.24) is 5.43 Å². The second kappa shape index (κ2) is 23.3. The van der Waals surface area contributed by atoms with Crippen molar-refractivity contribution in [3.05, 3.63) is 68.8 Å². The number of alkyl halides is 1. The molecule has 0 saturated heterocycles. The van der Waals surface area contributed by atoms with Crippen LogP contribution in [0.15, 0.2) is 53.5 Å². The number of nitrogens with two attached hydrogens (primary N) is 1. The van der Waals surface area contributed by atoms with Gasteiger partial charge in [0.25, 0.3) is 11.4 Å². The summed E-state index contributed by atoms with van der Waals surface area (Å²) in [5, 5.41) is 39.9. The zero-order chi connectivity index (χ0) is 27.5. The number of nitrogens with one attached hydrogen (secondary N) is 2. The van der Waals surface area contributed by atoms with Crippen LogP contribution in [-0.2, 0) is 4.79 Å². The summed E-state index contributed by atoms with van der Waals surface area (Å²) in [5.41, 5.74) is 4.78. The van der Waals surface area contributed by atoms with Crippen molar-refractivity contribution in [3.63, 3.8) is 0 Å². The predicted octanol–water partition coefficient (Wildman–Crippen LogP) is -0.545. The number of anilines is 2. The molecule has 0 saturated carbocycles. The molecule has 1 heterocycles. The van der Waals surface area contributed by atoms with E-state index in [4.69, 9.17) is 21.2 Å². The maximum absolute atomic E-state index is 10.4. The maximum Gasteiger partial charge on any atom is 1.00 e. The van der Waals surface area contributed by atoms with Crippen molar-refractivity contribution < 1.29 is 49.3 Å². The van der Waals surface area contributed by atoms with E-state index < -0.39 is 15.8 Å². The van der Waals surface area contributed by atoms with Crippen LogP contribution in [0.2, 0.25) is 0 Å². The minimum absolute atomic E-state index is 0. The minimum atomic E-state index is -1.08. The van der Waals surface area contributed by atoms with Crippen LogP contribution < -0.4 is 56.0 Å². The number of nitrogens with zero attached hydrogens (tertiary/aromatic N) is 5. The summed E-state index contributed by atoms with van der Waals surface area (Å²) in [7, 11) is 0. The van der Waals surface area contributed by atoms with Crippen molar-refractivity contribution in [2.24, 2.45) is 10.8 Å². The van der Waals surface area contributed by atoms with Gasteiger partial charge in [-0.15, -0.1) is 12.4 Å². The summed E-state index contributed by atoms with van der Waals surface area (Å²) in [4.78, 5) is 32.9. The Morgan fingerprint density at radius 2 is 1.58 bits per heavy atom. The quantitative estimate of drug-likeness (QED) is 0.0930. The molecule has 0 amide bonds. The number of non-ortho nitro benzene ring substituents is 2. The summed E-state index contributed by atoms with van der Waals surface area (Å²) in [6, 6.07) is 12.5. The standard InChI is InChI=1S/C9H10N4O2.C8H10BrN3O2.C2H5N.C2H4O2.ClH.Na/c14-13(15)9-3-1-8(2-4-9)12-6-5-10-7-11-12;9-5-6-11(10)7-1-3-8(4-2-7)12(13)14;1-2-3;1-2(3)4;;/h1-4,7H,5-6H2,(H,10,11);1-4H,5-6,10H2;2-3H,1H3;1H3,(H,3,4);1H;/q;;;;;+1/p-1. The summed E-state index contributed by atoms with van der Waals surface area (Å²) >= 11 is 3.26. The molecule has 0 fully saturated rings. The fourth-order valence-electron chi connectivity index (χ4n) is 2.34. The normalized spacial score (nSPS) is 10.5. The Hall–Kier alpha value is -2.82. The Kier molecular flexibility index (Phi) is 24.3. The van der Waals surface area contributed by atoms with Gasteiger partial charge >= 0.3 is 29.6 Å². The van der Waals surface area contributed by atoms with Gasteiger partial charge in [-0.3, -0.25) is 35.7 Å². The maximum atomic E-state index is 10.4. The monoisotopic (exact) mass is 626 g/mol. The number of carbonyl (C=O) groups excluding carboxylic acids is 1. The molecule has 0 unspecified atom stereocenters. The molecule has 17 heteroatoms. The van der Waals surface area contributed by atoms with Crippen LogP contribution >= 0.6 is 28.3 Å². The molecule has 0 radical (unpaired) electrons. The van der Waals surface area contributed by atoms with Gasteiger partial charge in [0.2, 0.25) is 0 Å². The minimum Gasteiger partial charge on any atom is -0.550 e. The Morgan fingerprint density at radius 1 is 1.16 bits per heavy atom. The average Bonchev–Trinajstić information content (AvgIpc) is 2.85. The van der Waals surface area contributed by atoms with E-state index in [2.05, 4.69) is 26.3 Å². The van der Waals surface area contributed by atoms with Crippen LogP contribution in [0.5, 0.6) is 0 Å². The number of hydrogen-bond donors (Lipinski definition) is 3. The third-order valence-electron chi connectivity index (χ3n) is 3.85. The molecule has 3 rings (SSSR count). The van der Waals surface area contributed by atoms with Crippen molar-refractivity contribution in [2.75, 3.05) is 35.0 Å². The van der Waals surface area contributed by atoms with Gasteiger partial charge in [-0.1, -0.05) is 15.9 Å². The molecule has 1 aliphatic rings. The number of aliphatic carboxylic acids is 1. The summed E-state index contributed by atoms with van der Waals surface area (Å²) in [5.74, 6) is 4.58. The van der Waals surface area contributed by atoms with Crippen LogP contribution in [0.1, 0.15) is 13.8 Å². The molecule has 4 N–H and O–H groups in total. The summed E-state index contributed by atoms with van der Waals surface area (Å²) in [6.45, 7) is 4.77. The first kappa shape index (κ1) is 39.7. The first-order valence-corrected chi connectivity index (χ1v) is 11.4. The van der Waals surface area contributed by atoms with Crippen molar-refractivity contribution in [1.29, 1.82) is 5.41 Å². The van der Waals surface area contributed by atoms with Crippen LogP contribution in [0.4, 0.5) is 22.7 Å². The van der Waals surface area contributed by atoms with Gasteiger partial charge in [0.1, 0.15) is 6.34 Å². The summed E-state index contributed by atoms with van der Waals surface area (Å²) in [6.07, 6.45) is 2.87. The van der Waals surface area contributed by atoms with Gasteiger partial charge < -0.3 is 20.3 Å². The number of aliphatic imine (C=N–C) groups is 1. The predicted molar refractivity (Wildman–Crippen MR) is 148 cm³/mol. The number of hydrazine groups is 2. The smallest absolute Gasteiger partial charge is 0.550 e. The molecule has 1 aliphatic heterocycles. The third-order valence-corrected chi connectivity index (χ3v) is 4.20.